The van der Waals surface area contributed by atoms with Crippen molar-refractivity contribution < 1.29 is 38.4 Å². The molecule has 2 N–H and O–H groups in total. The maximum absolute atomic E-state index is 14.2. The molecule has 0 aromatic heterocycles. The summed E-state index contributed by atoms with van der Waals surface area (Å²) in [4.78, 5) is 47.7. The highest BCUT2D eigenvalue weighted by atomic mass is 32.2. The van der Waals surface area contributed by atoms with E-state index in [1.54, 1.807) is 30.2 Å². The van der Waals surface area contributed by atoms with Gasteiger partial charge in [-0.3, -0.25) is 19.3 Å². The number of hydrogen-bond acceptors (Lipinski definition) is 10. The van der Waals surface area contributed by atoms with Gasteiger partial charge in [-0.2, -0.15) is 0 Å². The monoisotopic (exact) mass is 812 g/mol. The molecule has 3 unspecified atom stereocenters. The number of methoxy groups -OCH3 is 2. The number of nitrogens with one attached hydrogen (secondary N) is 1. The fourth-order valence-electron chi connectivity index (χ4n) is 9.05. The average Bonchev–Trinajstić information content (AvgIpc) is 3.69. The maximum Gasteiger partial charge on any atom is 0.313 e. The van der Waals surface area contributed by atoms with Gasteiger partial charge in [0.1, 0.15) is 13.2 Å². The molecule has 3 atom stereocenters. The van der Waals surface area contributed by atoms with Gasteiger partial charge in [-0.05, 0) is 73.2 Å². The van der Waals surface area contributed by atoms with Crippen LogP contribution in [0, 0.1) is 11.8 Å². The van der Waals surface area contributed by atoms with Crippen LogP contribution in [0.15, 0.2) is 101 Å². The quantitative estimate of drug-likeness (QED) is 0.184. The molecule has 6 aliphatic rings. The second kappa shape index (κ2) is 15.5. The Morgan fingerprint density at radius 2 is 1.53 bits per heavy atom. The van der Waals surface area contributed by atoms with E-state index in [4.69, 9.17) is 18.9 Å². The molecule has 2 saturated heterocycles. The summed E-state index contributed by atoms with van der Waals surface area (Å²) >= 11 is 1.30. The second-order valence-electron chi connectivity index (χ2n) is 15.8. The van der Waals surface area contributed by atoms with Crippen LogP contribution < -0.4 is 24.3 Å². The lowest BCUT2D eigenvalue weighted by molar-refractivity contribution is -0.133. The van der Waals surface area contributed by atoms with E-state index in [9.17, 15) is 19.5 Å². The summed E-state index contributed by atoms with van der Waals surface area (Å²) in [6.07, 6.45) is 15.7. The van der Waals surface area contributed by atoms with Crippen molar-refractivity contribution in [2.24, 2.45) is 16.8 Å². The van der Waals surface area contributed by atoms with Crippen LogP contribution in [0.4, 0.5) is 11.4 Å². The summed E-state index contributed by atoms with van der Waals surface area (Å²) in [7, 11) is 3.09. The molecule has 2 amide bonds. The normalized spacial score (nSPS) is 22.0. The summed E-state index contributed by atoms with van der Waals surface area (Å²) in [5.74, 6) is 4.70. The third-order valence-corrected chi connectivity index (χ3v) is 12.7. The van der Waals surface area contributed by atoms with Crippen molar-refractivity contribution >= 4 is 46.8 Å². The molecule has 59 heavy (non-hydrogen) atoms. The van der Waals surface area contributed by atoms with E-state index in [-0.39, 0.29) is 42.2 Å². The second-order valence-corrected chi connectivity index (χ2v) is 16.8. The molecular weight excluding hydrogens is 769 g/mol. The minimum atomic E-state index is -0.887. The number of fused-ring (bicyclic) bond motifs is 8. The Hall–Kier alpha value is -6.17. The van der Waals surface area contributed by atoms with E-state index in [0.717, 1.165) is 53.0 Å². The summed E-state index contributed by atoms with van der Waals surface area (Å²) in [5.41, 5.74) is 6.99. The van der Waals surface area contributed by atoms with Gasteiger partial charge in [-0.15, -0.1) is 11.8 Å². The smallest absolute Gasteiger partial charge is 0.313 e. The van der Waals surface area contributed by atoms with Crippen molar-refractivity contribution in [2.45, 2.75) is 57.1 Å². The topological polar surface area (TPSA) is 139 Å². The molecule has 0 radical (unpaired) electrons. The van der Waals surface area contributed by atoms with E-state index < -0.39 is 5.97 Å². The molecule has 0 saturated carbocycles. The van der Waals surface area contributed by atoms with Gasteiger partial charge in [-0.25, -0.2) is 4.99 Å². The molecular formula is C46H44N4O8S. The summed E-state index contributed by atoms with van der Waals surface area (Å²) in [6.45, 7) is 3.03. The van der Waals surface area contributed by atoms with Gasteiger partial charge in [0.15, 0.2) is 23.0 Å². The molecule has 302 valence electrons. The number of hydrogen-bond donors (Lipinski definition) is 2. The number of allylic oxidation sites excluding steroid dienone is 9. The van der Waals surface area contributed by atoms with Gasteiger partial charge in [0, 0.05) is 60.0 Å². The first-order valence-corrected chi connectivity index (χ1v) is 20.9. The van der Waals surface area contributed by atoms with Gasteiger partial charge < -0.3 is 34.3 Å². The summed E-state index contributed by atoms with van der Waals surface area (Å²) < 4.78 is 24.3. The maximum atomic E-state index is 14.2. The SMILES string of the molecule is COc1cc2c(cc1OCc1cc(COc3cc4c(cc3OC)C(=O)N3C5=CC=CCC5CC3(C)CN4)cc(CSCC(=O)O)c1)N=C=C1CC3CC=CC=C3N1C2=O. The Labute approximate surface area is 346 Å². The van der Waals surface area contributed by atoms with Crippen LogP contribution >= 0.6 is 11.8 Å². The summed E-state index contributed by atoms with van der Waals surface area (Å²) in [5, 5.41) is 12.8. The lowest BCUT2D eigenvalue weighted by Gasteiger charge is -2.33. The molecule has 13 heteroatoms. The minimum absolute atomic E-state index is 0.0382. The van der Waals surface area contributed by atoms with E-state index in [0.29, 0.717) is 70.1 Å². The number of anilines is 1. The standard InChI is InChI=1S/C46H44N4O8S/c1-46-20-31-9-5-7-11-38(31)50(46)45(54)34-17-40(56-3)42(19-36(34)48-26-46)58-23-28-12-27(13-29(14-28)24-59-25-43(51)52)22-57-41-18-35-33(16-39(41)55-2)44(53)49-32(21-47-35)15-30-8-4-6-10-37(30)49/h4-7,10-14,16-19,30-31,48H,8-9,15,20,22-26H2,1-3H3,(H,51,52). The number of aliphatic imine (C=N–C) groups is 1. The predicted octanol–water partition coefficient (Wildman–Crippen LogP) is 8.17. The van der Waals surface area contributed by atoms with Crippen LogP contribution in [0.25, 0.3) is 0 Å². The molecule has 2 fully saturated rings. The zero-order chi connectivity index (χ0) is 40.8. The minimum Gasteiger partial charge on any atom is -0.493 e. The van der Waals surface area contributed by atoms with Crippen molar-refractivity contribution in [3.05, 3.63) is 124 Å². The van der Waals surface area contributed by atoms with Crippen LogP contribution in [0.5, 0.6) is 23.0 Å². The number of rotatable bonds is 12. The Balaban J connectivity index is 0.961. The summed E-state index contributed by atoms with van der Waals surface area (Å²) in [6, 6.07) is 12.9. The number of carboxylic acid groups (broad SMARTS) is 1. The molecule has 0 bridgehead atoms. The van der Waals surface area contributed by atoms with Crippen LogP contribution in [0.3, 0.4) is 0 Å². The van der Waals surface area contributed by atoms with E-state index >= 15 is 0 Å². The third kappa shape index (κ3) is 7.19. The number of carboxylic acids is 1. The van der Waals surface area contributed by atoms with Crippen molar-refractivity contribution in [1.29, 1.82) is 0 Å². The first-order valence-electron chi connectivity index (χ1n) is 19.7. The number of carbonyl (C=O) groups is 3. The highest BCUT2D eigenvalue weighted by Crippen LogP contribution is 2.48. The van der Waals surface area contributed by atoms with Gasteiger partial charge >= 0.3 is 5.97 Å². The van der Waals surface area contributed by atoms with Crippen LogP contribution in [-0.4, -0.2) is 70.6 Å². The molecule has 3 aromatic carbocycles. The third-order valence-electron chi connectivity index (χ3n) is 11.7. The fourth-order valence-corrected chi connectivity index (χ4v) is 9.72. The molecule has 2 aliphatic carbocycles. The number of ether oxygens (including phenoxy) is 4. The Kier molecular flexibility index (Phi) is 10.1. The fraction of sp³-hybridized carbons (Fsp3) is 0.326. The first kappa shape index (κ1) is 38.4. The number of thioether (sulfide) groups is 1. The van der Waals surface area contributed by atoms with Gasteiger partial charge in [0.05, 0.1) is 53.7 Å². The lowest BCUT2D eigenvalue weighted by atomic mass is 9.90. The molecule has 4 heterocycles. The number of aliphatic carboxylic acids is 1. The van der Waals surface area contributed by atoms with Gasteiger partial charge in [0.25, 0.3) is 11.8 Å². The average molecular weight is 813 g/mol. The lowest BCUT2D eigenvalue weighted by Crippen LogP contribution is -2.46. The van der Waals surface area contributed by atoms with Crippen LogP contribution in [0.1, 0.15) is 70.0 Å². The van der Waals surface area contributed by atoms with Crippen LogP contribution in [-0.2, 0) is 23.8 Å². The number of carbonyl (C=O) groups excluding carboxylic acids is 2. The largest absolute Gasteiger partial charge is 0.493 e. The number of benzene rings is 3. The van der Waals surface area contributed by atoms with Crippen molar-refractivity contribution in [1.82, 2.24) is 9.80 Å². The van der Waals surface area contributed by atoms with Crippen molar-refractivity contribution in [3.8, 4) is 23.0 Å². The first-order chi connectivity index (χ1) is 28.6. The van der Waals surface area contributed by atoms with Crippen molar-refractivity contribution in [2.75, 3.05) is 31.8 Å². The Morgan fingerprint density at radius 3 is 2.24 bits per heavy atom. The molecule has 9 rings (SSSR count). The van der Waals surface area contributed by atoms with E-state index in [2.05, 4.69) is 41.3 Å². The molecule has 0 spiro atoms. The number of nitrogens with zero attached hydrogens (tertiary/aromatic N) is 3. The zero-order valence-electron chi connectivity index (χ0n) is 33.1. The predicted molar refractivity (Wildman–Crippen MR) is 225 cm³/mol. The molecule has 4 aliphatic heterocycles. The van der Waals surface area contributed by atoms with Crippen LogP contribution in [0.2, 0.25) is 0 Å². The van der Waals surface area contributed by atoms with E-state index in [1.807, 2.05) is 47.4 Å². The molecule has 12 nitrogen and oxygen atoms in total. The van der Waals surface area contributed by atoms with Gasteiger partial charge in [0.2, 0.25) is 0 Å². The van der Waals surface area contributed by atoms with Gasteiger partial charge in [-0.1, -0.05) is 36.4 Å². The highest BCUT2D eigenvalue weighted by Gasteiger charge is 2.50. The highest BCUT2D eigenvalue weighted by molar-refractivity contribution is 7.99. The Bertz CT molecular complexity index is 2480. The molecule has 3 aromatic rings. The van der Waals surface area contributed by atoms with E-state index in [1.165, 1.54) is 18.9 Å². The number of amides is 2. The van der Waals surface area contributed by atoms with Crippen molar-refractivity contribution in [3.63, 3.8) is 0 Å². The Morgan fingerprint density at radius 1 is 0.864 bits per heavy atom. The zero-order valence-corrected chi connectivity index (χ0v) is 33.9.